The molecule has 0 aromatic carbocycles. The first-order chi connectivity index (χ1) is 9.74. The Hall–Kier alpha value is -0.340. The molecule has 112 valence electrons. The molecule has 1 aromatic rings. The monoisotopic (exact) mass is 291 g/mol. The number of hydrogen-bond donors (Lipinski definition) is 1. The van der Waals surface area contributed by atoms with Crippen LogP contribution in [0.25, 0.3) is 0 Å². The zero-order valence-corrected chi connectivity index (χ0v) is 13.8. The van der Waals surface area contributed by atoms with E-state index in [1.54, 1.807) is 4.88 Å². The first-order valence-corrected chi connectivity index (χ1v) is 9.41. The van der Waals surface area contributed by atoms with Crippen LogP contribution in [0, 0.1) is 17.8 Å². The van der Waals surface area contributed by atoms with Crippen molar-refractivity contribution in [2.75, 3.05) is 0 Å². The highest BCUT2D eigenvalue weighted by Crippen LogP contribution is 2.39. The predicted octanol–water partition coefficient (Wildman–Crippen LogP) is 5.39. The Kier molecular flexibility index (Phi) is 4.83. The van der Waals surface area contributed by atoms with Crippen LogP contribution in [0.4, 0.5) is 0 Å². The van der Waals surface area contributed by atoms with Gasteiger partial charge in [0.15, 0.2) is 0 Å². The fourth-order valence-corrected chi connectivity index (χ4v) is 5.04. The van der Waals surface area contributed by atoms with Gasteiger partial charge in [-0.15, -0.1) is 11.3 Å². The highest BCUT2D eigenvalue weighted by atomic mass is 32.1. The van der Waals surface area contributed by atoms with Crippen LogP contribution in [0.2, 0.25) is 0 Å². The zero-order valence-electron chi connectivity index (χ0n) is 13.0. The molecule has 2 aliphatic rings. The van der Waals surface area contributed by atoms with Crippen molar-refractivity contribution in [2.24, 2.45) is 17.8 Å². The van der Waals surface area contributed by atoms with E-state index in [0.717, 1.165) is 23.8 Å². The lowest BCUT2D eigenvalue weighted by molar-refractivity contribution is 0.200. The molecule has 0 saturated heterocycles. The Morgan fingerprint density at radius 2 is 1.90 bits per heavy atom. The summed E-state index contributed by atoms with van der Waals surface area (Å²) in [5.41, 5.74) is 0. The van der Waals surface area contributed by atoms with Crippen LogP contribution in [0.3, 0.4) is 0 Å². The summed E-state index contributed by atoms with van der Waals surface area (Å²) < 4.78 is 0. The largest absolute Gasteiger partial charge is 0.306 e. The van der Waals surface area contributed by atoms with Crippen molar-refractivity contribution < 1.29 is 0 Å². The molecule has 2 aliphatic carbocycles. The fourth-order valence-electron chi connectivity index (χ4n) is 4.16. The quantitative estimate of drug-likeness (QED) is 0.784. The molecule has 1 heterocycles. The third-order valence-electron chi connectivity index (χ3n) is 5.73. The molecule has 1 nitrogen and oxygen atoms in total. The van der Waals surface area contributed by atoms with Crippen molar-refractivity contribution in [1.82, 2.24) is 5.32 Å². The van der Waals surface area contributed by atoms with Gasteiger partial charge in [0.1, 0.15) is 0 Å². The van der Waals surface area contributed by atoms with Gasteiger partial charge in [-0.05, 0) is 61.3 Å². The molecule has 2 fully saturated rings. The standard InChI is InChI=1S/C18H29NS/c1-13-9-10-16(12-14(13)2)19-18(15-6-3-4-7-15)17-8-5-11-20-17/h5,8,11,13-16,18-19H,3-4,6-7,9-10,12H2,1-2H3. The molecule has 1 N–H and O–H groups in total. The van der Waals surface area contributed by atoms with Crippen molar-refractivity contribution in [3.8, 4) is 0 Å². The van der Waals surface area contributed by atoms with E-state index in [4.69, 9.17) is 0 Å². The number of hydrogen-bond acceptors (Lipinski definition) is 2. The smallest absolute Gasteiger partial charge is 0.0445 e. The number of thiophene rings is 1. The molecular formula is C18H29NS. The Balaban J connectivity index is 1.67. The van der Waals surface area contributed by atoms with Gasteiger partial charge in [-0.1, -0.05) is 32.8 Å². The van der Waals surface area contributed by atoms with Gasteiger partial charge >= 0.3 is 0 Å². The van der Waals surface area contributed by atoms with Gasteiger partial charge in [0.25, 0.3) is 0 Å². The van der Waals surface area contributed by atoms with E-state index >= 15 is 0 Å². The van der Waals surface area contributed by atoms with Crippen LogP contribution in [0.15, 0.2) is 17.5 Å². The maximum atomic E-state index is 4.06. The van der Waals surface area contributed by atoms with Gasteiger partial charge < -0.3 is 5.32 Å². The summed E-state index contributed by atoms with van der Waals surface area (Å²) in [6.07, 6.45) is 9.87. The van der Waals surface area contributed by atoms with Crippen LogP contribution in [0.5, 0.6) is 0 Å². The fraction of sp³-hybridized carbons (Fsp3) is 0.778. The summed E-state index contributed by atoms with van der Waals surface area (Å²) in [6, 6.07) is 5.93. The van der Waals surface area contributed by atoms with E-state index in [1.165, 1.54) is 44.9 Å². The zero-order chi connectivity index (χ0) is 13.9. The maximum Gasteiger partial charge on any atom is 0.0445 e. The summed E-state index contributed by atoms with van der Waals surface area (Å²) in [7, 11) is 0. The molecule has 20 heavy (non-hydrogen) atoms. The third kappa shape index (κ3) is 3.28. The SMILES string of the molecule is CC1CCC(NC(c2cccs2)C2CCCC2)CC1C. The summed E-state index contributed by atoms with van der Waals surface area (Å²) in [5.74, 6) is 2.68. The van der Waals surface area contributed by atoms with E-state index < -0.39 is 0 Å². The van der Waals surface area contributed by atoms with Gasteiger partial charge in [-0.2, -0.15) is 0 Å². The predicted molar refractivity (Wildman–Crippen MR) is 88.1 cm³/mol. The van der Waals surface area contributed by atoms with Crippen LogP contribution in [-0.2, 0) is 0 Å². The maximum absolute atomic E-state index is 4.06. The second-order valence-corrected chi connectivity index (χ2v) is 8.15. The molecule has 0 aliphatic heterocycles. The Morgan fingerprint density at radius 1 is 1.10 bits per heavy atom. The minimum absolute atomic E-state index is 0.628. The van der Waals surface area contributed by atoms with E-state index in [0.29, 0.717) is 6.04 Å². The first kappa shape index (κ1) is 14.6. The van der Waals surface area contributed by atoms with Gasteiger partial charge in [-0.25, -0.2) is 0 Å². The molecule has 3 rings (SSSR count). The molecule has 4 unspecified atom stereocenters. The van der Waals surface area contributed by atoms with Crippen LogP contribution >= 0.6 is 11.3 Å². The third-order valence-corrected chi connectivity index (χ3v) is 6.69. The minimum atomic E-state index is 0.628. The lowest BCUT2D eigenvalue weighted by Gasteiger charge is -2.36. The van der Waals surface area contributed by atoms with Crippen molar-refractivity contribution in [3.05, 3.63) is 22.4 Å². The Morgan fingerprint density at radius 3 is 2.55 bits per heavy atom. The van der Waals surface area contributed by atoms with Crippen LogP contribution in [-0.4, -0.2) is 6.04 Å². The number of rotatable bonds is 4. The molecular weight excluding hydrogens is 262 g/mol. The first-order valence-electron chi connectivity index (χ1n) is 8.53. The van der Waals surface area contributed by atoms with Crippen molar-refractivity contribution >= 4 is 11.3 Å². The van der Waals surface area contributed by atoms with Gasteiger partial charge in [0, 0.05) is 17.0 Å². The van der Waals surface area contributed by atoms with Crippen LogP contribution in [0.1, 0.15) is 69.7 Å². The van der Waals surface area contributed by atoms with Crippen molar-refractivity contribution in [2.45, 2.75) is 70.9 Å². The van der Waals surface area contributed by atoms with Gasteiger partial charge in [-0.3, -0.25) is 0 Å². The summed E-state index contributed by atoms with van der Waals surface area (Å²) in [5, 5.41) is 6.30. The highest BCUT2D eigenvalue weighted by Gasteiger charge is 2.31. The Bertz CT molecular complexity index is 394. The van der Waals surface area contributed by atoms with E-state index in [2.05, 4.69) is 36.7 Å². The Labute approximate surface area is 128 Å². The highest BCUT2D eigenvalue weighted by molar-refractivity contribution is 7.10. The molecule has 0 spiro atoms. The number of nitrogens with one attached hydrogen (secondary N) is 1. The summed E-state index contributed by atoms with van der Waals surface area (Å²) >= 11 is 1.95. The van der Waals surface area contributed by atoms with Crippen molar-refractivity contribution in [3.63, 3.8) is 0 Å². The summed E-state index contributed by atoms with van der Waals surface area (Å²) in [6.45, 7) is 4.86. The summed E-state index contributed by atoms with van der Waals surface area (Å²) in [4.78, 5) is 1.57. The average Bonchev–Trinajstić information content (AvgIpc) is 3.12. The molecule has 2 saturated carbocycles. The molecule has 1 aromatic heterocycles. The van der Waals surface area contributed by atoms with E-state index in [1.807, 2.05) is 11.3 Å². The van der Waals surface area contributed by atoms with E-state index in [9.17, 15) is 0 Å². The van der Waals surface area contributed by atoms with Gasteiger partial charge in [0.2, 0.25) is 0 Å². The lowest BCUT2D eigenvalue weighted by atomic mass is 9.78. The second kappa shape index (κ2) is 6.62. The lowest BCUT2D eigenvalue weighted by Crippen LogP contribution is -2.40. The van der Waals surface area contributed by atoms with Crippen LogP contribution < -0.4 is 5.32 Å². The van der Waals surface area contributed by atoms with Crippen molar-refractivity contribution in [1.29, 1.82) is 0 Å². The van der Waals surface area contributed by atoms with Gasteiger partial charge in [0.05, 0.1) is 0 Å². The minimum Gasteiger partial charge on any atom is -0.306 e. The molecule has 0 radical (unpaired) electrons. The molecule has 0 amide bonds. The molecule has 4 atom stereocenters. The topological polar surface area (TPSA) is 12.0 Å². The molecule has 2 heteroatoms. The normalized spacial score (nSPS) is 33.4. The second-order valence-electron chi connectivity index (χ2n) is 7.17. The molecule has 0 bridgehead atoms. The van der Waals surface area contributed by atoms with E-state index in [-0.39, 0.29) is 0 Å². The average molecular weight is 292 g/mol.